The highest BCUT2D eigenvalue weighted by atomic mass is 16.5. The summed E-state index contributed by atoms with van der Waals surface area (Å²) in [4.78, 5) is 28.1. The smallest absolute Gasteiger partial charge is 0.325 e. The molecule has 1 fully saturated rings. The molecule has 0 aromatic heterocycles. The van der Waals surface area contributed by atoms with Gasteiger partial charge in [0.1, 0.15) is 0 Å². The molecule has 2 heterocycles. The second-order valence-corrected chi connectivity index (χ2v) is 9.12. The van der Waals surface area contributed by atoms with Crippen LogP contribution in [0, 0.1) is 0 Å². The van der Waals surface area contributed by atoms with Crippen molar-refractivity contribution >= 4 is 23.3 Å². The van der Waals surface area contributed by atoms with Gasteiger partial charge in [-0.05, 0) is 31.2 Å². The lowest BCUT2D eigenvalue weighted by Gasteiger charge is -2.50. The second-order valence-electron chi connectivity index (χ2n) is 9.12. The topological polar surface area (TPSA) is 108 Å². The number of benzene rings is 3. The highest BCUT2D eigenvalue weighted by Gasteiger charge is 2.50. The summed E-state index contributed by atoms with van der Waals surface area (Å²) in [6.07, 6.45) is 0.515. The molecule has 2 N–H and O–H groups in total. The zero-order valence-corrected chi connectivity index (χ0v) is 21.8. The molecule has 3 amide bonds. The number of fused-ring (bicyclic) bond motifs is 4. The maximum atomic E-state index is 13.3. The average molecular weight is 520 g/mol. The van der Waals surface area contributed by atoms with E-state index in [-0.39, 0.29) is 18.0 Å². The molecule has 10 nitrogen and oxygen atoms in total. The molecule has 2 atom stereocenters. The van der Waals surface area contributed by atoms with Crippen molar-refractivity contribution in [3.63, 3.8) is 0 Å². The van der Waals surface area contributed by atoms with Gasteiger partial charge in [-0.3, -0.25) is 9.69 Å². The van der Waals surface area contributed by atoms with E-state index < -0.39 is 5.72 Å². The summed E-state index contributed by atoms with van der Waals surface area (Å²) in [5, 5.41) is 5.92. The fourth-order valence-corrected chi connectivity index (χ4v) is 5.05. The number of nitrogens with one attached hydrogen (secondary N) is 2. The Bertz CT molecular complexity index is 1380. The number of hydrogen-bond acceptors (Lipinski definition) is 7. The molecule has 10 heteroatoms. The summed E-state index contributed by atoms with van der Waals surface area (Å²) < 4.78 is 28.0. The van der Waals surface area contributed by atoms with Gasteiger partial charge in [0.2, 0.25) is 5.75 Å². The first kappa shape index (κ1) is 25.1. The molecule has 198 valence electrons. The van der Waals surface area contributed by atoms with Crippen molar-refractivity contribution in [2.75, 3.05) is 38.7 Å². The Hall–Kier alpha value is -4.60. The van der Waals surface area contributed by atoms with Gasteiger partial charge in [0.05, 0.1) is 40.2 Å². The third-order valence-corrected chi connectivity index (χ3v) is 6.77. The summed E-state index contributed by atoms with van der Waals surface area (Å²) in [7, 11) is 6.09. The van der Waals surface area contributed by atoms with E-state index in [1.165, 1.54) is 26.2 Å². The number of nitrogens with zero attached hydrogens (tertiary/aromatic N) is 1. The number of para-hydroxylation sites is 1. The van der Waals surface area contributed by atoms with Gasteiger partial charge >= 0.3 is 6.03 Å². The Morgan fingerprint density at radius 2 is 1.66 bits per heavy atom. The summed E-state index contributed by atoms with van der Waals surface area (Å²) in [5.41, 5.74) is 1.19. The van der Waals surface area contributed by atoms with Gasteiger partial charge in [-0.1, -0.05) is 18.2 Å². The quantitative estimate of drug-likeness (QED) is 0.464. The fraction of sp³-hybridized carbons (Fsp3) is 0.286. The predicted molar refractivity (Wildman–Crippen MR) is 141 cm³/mol. The van der Waals surface area contributed by atoms with Gasteiger partial charge < -0.3 is 34.3 Å². The molecule has 0 radical (unpaired) electrons. The van der Waals surface area contributed by atoms with Crippen molar-refractivity contribution in [1.82, 2.24) is 5.32 Å². The van der Waals surface area contributed by atoms with Crippen LogP contribution in [0.4, 0.5) is 16.2 Å². The van der Waals surface area contributed by atoms with E-state index in [0.29, 0.717) is 52.1 Å². The standard InChI is InChI=1S/C28H29N3O7/c1-28-15-20(19-10-7-11-21(34-2)24(19)38-28)30-27(33)31(28)18-9-6-8-16(12-18)26(32)29-17-13-22(35-3)25(37-5)23(14-17)36-4/h6-14,20H,15H2,1-5H3,(H,29,32)(H,30,33)/t20-,28+/m0/s1. The van der Waals surface area contributed by atoms with E-state index in [2.05, 4.69) is 10.6 Å². The number of anilines is 2. The zero-order chi connectivity index (χ0) is 27.0. The van der Waals surface area contributed by atoms with Crippen LogP contribution >= 0.6 is 0 Å². The van der Waals surface area contributed by atoms with Crippen molar-refractivity contribution < 1.29 is 33.3 Å². The molecule has 3 aromatic rings. The molecular formula is C28H29N3O7. The maximum absolute atomic E-state index is 13.3. The summed E-state index contributed by atoms with van der Waals surface area (Å²) >= 11 is 0. The number of urea groups is 1. The Kier molecular flexibility index (Phi) is 6.40. The average Bonchev–Trinajstić information content (AvgIpc) is 2.91. The van der Waals surface area contributed by atoms with E-state index in [1.54, 1.807) is 43.5 Å². The normalized spacial score (nSPS) is 19.4. The number of amides is 3. The van der Waals surface area contributed by atoms with Gasteiger partial charge in [-0.25, -0.2) is 4.79 Å². The SMILES string of the molecule is COc1cc(NC(=O)c2cccc(N3C(=O)N[C@H]4C[C@@]3(C)Oc3c(OC)cccc34)c2)cc(OC)c1OC. The number of carbonyl (C=O) groups is 2. The Labute approximate surface area is 220 Å². The summed E-state index contributed by atoms with van der Waals surface area (Å²) in [5.74, 6) is 2.05. The Balaban J connectivity index is 1.45. The van der Waals surface area contributed by atoms with Gasteiger partial charge in [-0.15, -0.1) is 0 Å². The lowest BCUT2D eigenvalue weighted by molar-refractivity contribution is 0.0349. The molecule has 2 aliphatic rings. The minimum Gasteiger partial charge on any atom is -0.493 e. The highest BCUT2D eigenvalue weighted by Crippen LogP contribution is 2.49. The minimum atomic E-state index is -1.000. The first-order valence-electron chi connectivity index (χ1n) is 12.0. The Morgan fingerprint density at radius 3 is 2.32 bits per heavy atom. The zero-order valence-electron chi connectivity index (χ0n) is 21.8. The van der Waals surface area contributed by atoms with Crippen LogP contribution < -0.4 is 39.2 Å². The predicted octanol–water partition coefficient (Wildman–Crippen LogP) is 4.74. The molecule has 2 aliphatic heterocycles. The van der Waals surface area contributed by atoms with Crippen LogP contribution in [0.1, 0.15) is 35.3 Å². The van der Waals surface area contributed by atoms with E-state index in [9.17, 15) is 9.59 Å². The van der Waals surface area contributed by atoms with Crippen molar-refractivity contribution in [2.45, 2.75) is 25.1 Å². The van der Waals surface area contributed by atoms with Crippen LogP contribution in [0.15, 0.2) is 54.6 Å². The number of hydrogen-bond donors (Lipinski definition) is 2. The lowest BCUT2D eigenvalue weighted by atomic mass is 9.89. The molecular weight excluding hydrogens is 490 g/mol. The van der Waals surface area contributed by atoms with Crippen LogP contribution in [0.5, 0.6) is 28.7 Å². The first-order chi connectivity index (χ1) is 18.3. The number of carbonyl (C=O) groups excluding carboxylic acids is 2. The monoisotopic (exact) mass is 519 g/mol. The molecule has 0 saturated carbocycles. The van der Waals surface area contributed by atoms with Gasteiger partial charge in [0.15, 0.2) is 28.7 Å². The number of ether oxygens (including phenoxy) is 5. The van der Waals surface area contributed by atoms with Crippen molar-refractivity contribution in [3.8, 4) is 28.7 Å². The molecule has 1 saturated heterocycles. The van der Waals surface area contributed by atoms with E-state index in [1.807, 2.05) is 25.1 Å². The van der Waals surface area contributed by atoms with Crippen LogP contribution in [0.2, 0.25) is 0 Å². The van der Waals surface area contributed by atoms with Crippen molar-refractivity contribution in [3.05, 3.63) is 65.7 Å². The van der Waals surface area contributed by atoms with E-state index in [4.69, 9.17) is 23.7 Å². The molecule has 2 bridgehead atoms. The molecule has 0 aliphatic carbocycles. The first-order valence-corrected chi connectivity index (χ1v) is 12.0. The fourth-order valence-electron chi connectivity index (χ4n) is 5.05. The van der Waals surface area contributed by atoms with Crippen LogP contribution in [0.3, 0.4) is 0 Å². The molecule has 0 unspecified atom stereocenters. The summed E-state index contributed by atoms with van der Waals surface area (Å²) in [6, 6.07) is 15.2. The van der Waals surface area contributed by atoms with Gasteiger partial charge in [0, 0.05) is 35.4 Å². The minimum absolute atomic E-state index is 0.228. The molecule has 0 spiro atoms. The van der Waals surface area contributed by atoms with Crippen molar-refractivity contribution in [1.29, 1.82) is 0 Å². The molecule has 5 rings (SSSR count). The molecule has 3 aromatic carbocycles. The van der Waals surface area contributed by atoms with Gasteiger partial charge in [0.25, 0.3) is 5.91 Å². The van der Waals surface area contributed by atoms with Crippen molar-refractivity contribution in [2.24, 2.45) is 0 Å². The third-order valence-electron chi connectivity index (χ3n) is 6.77. The van der Waals surface area contributed by atoms with E-state index in [0.717, 1.165) is 5.56 Å². The van der Waals surface area contributed by atoms with Gasteiger partial charge in [-0.2, -0.15) is 0 Å². The van der Waals surface area contributed by atoms with E-state index >= 15 is 0 Å². The van der Waals surface area contributed by atoms with Crippen LogP contribution in [-0.2, 0) is 0 Å². The largest absolute Gasteiger partial charge is 0.493 e. The lowest BCUT2D eigenvalue weighted by Crippen LogP contribution is -2.65. The van der Waals surface area contributed by atoms with Crippen LogP contribution in [-0.4, -0.2) is 46.1 Å². The molecule has 38 heavy (non-hydrogen) atoms. The highest BCUT2D eigenvalue weighted by molar-refractivity contribution is 6.06. The maximum Gasteiger partial charge on any atom is 0.325 e. The van der Waals surface area contributed by atoms with Crippen LogP contribution in [0.25, 0.3) is 0 Å². The summed E-state index contributed by atoms with van der Waals surface area (Å²) in [6.45, 7) is 1.86. The number of methoxy groups -OCH3 is 4. The Morgan fingerprint density at radius 1 is 0.974 bits per heavy atom. The second kappa shape index (κ2) is 9.70. The third kappa shape index (κ3) is 4.17. The number of rotatable bonds is 7.